The number of aromatic amines is 1. The predicted molar refractivity (Wildman–Crippen MR) is 211 cm³/mol. The second kappa shape index (κ2) is 19.2. The first-order chi connectivity index (χ1) is 25.8. The summed E-state index contributed by atoms with van der Waals surface area (Å²) in [5.41, 5.74) is 0.825. The van der Waals surface area contributed by atoms with Gasteiger partial charge in [-0.05, 0) is 74.1 Å². The van der Waals surface area contributed by atoms with Crippen molar-refractivity contribution in [1.29, 1.82) is 0 Å². The summed E-state index contributed by atoms with van der Waals surface area (Å²) in [5, 5.41) is 37.5. The lowest BCUT2D eigenvalue weighted by Gasteiger charge is -2.53. The van der Waals surface area contributed by atoms with E-state index in [9.17, 15) is 20.1 Å². The summed E-state index contributed by atoms with van der Waals surface area (Å²) in [6.07, 6.45) is 16.4. The number of ether oxygens (including phenoxy) is 2. The van der Waals surface area contributed by atoms with Gasteiger partial charge < -0.3 is 34.3 Å². The summed E-state index contributed by atoms with van der Waals surface area (Å²) in [6, 6.07) is 16.6. The van der Waals surface area contributed by atoms with E-state index in [4.69, 9.17) is 9.47 Å². The Kier molecular flexibility index (Phi) is 14.4. The van der Waals surface area contributed by atoms with Gasteiger partial charge in [0.15, 0.2) is 0 Å². The van der Waals surface area contributed by atoms with Crippen molar-refractivity contribution < 1.29 is 29.3 Å². The highest BCUT2D eigenvalue weighted by Gasteiger charge is 2.48. The fourth-order valence-electron chi connectivity index (χ4n) is 9.56. The molecule has 0 spiro atoms. The molecular formula is C44H66N3O6+. The van der Waals surface area contributed by atoms with E-state index < -0.39 is 11.7 Å². The van der Waals surface area contributed by atoms with E-state index in [2.05, 4.69) is 29.4 Å². The standard InChI is InChI=1S/C44H65N3O6/c1-2-3-4-10-19-42(45-30-39(49)36-20-22-38(48)43-37(36)21-23-41(50)46-43)52-29-14-6-5-13-26-47-27-24-33(25-28-47)40(31-47)53-32-44(51,35-17-11-12-18-35)34-15-8-7-9-16-34/h7-9,15-16,20-23,33,35,39-40,42,45,49,51H,2-6,10-14,17-19,24-32H2,1H3,(H-,46,48,50)/p+1/t33?,39-,40-,42?,44?,47?/m0/s1. The second-order valence-corrected chi connectivity index (χ2v) is 16.5. The first-order valence-corrected chi connectivity index (χ1v) is 20.9. The maximum atomic E-state index is 12.1. The number of hydrogen-bond acceptors (Lipinski definition) is 7. The molecule has 7 rings (SSSR count). The predicted octanol–water partition coefficient (Wildman–Crippen LogP) is 7.43. The number of pyridine rings is 1. The van der Waals surface area contributed by atoms with Crippen LogP contribution in [-0.2, 0) is 15.1 Å². The highest BCUT2D eigenvalue weighted by atomic mass is 16.5. The summed E-state index contributed by atoms with van der Waals surface area (Å²) in [7, 11) is 0. The molecule has 292 valence electrons. The molecule has 1 saturated carbocycles. The largest absolute Gasteiger partial charge is 0.506 e. The Morgan fingerprint density at radius 2 is 1.68 bits per heavy atom. The van der Waals surface area contributed by atoms with Crippen LogP contribution in [0.1, 0.15) is 120 Å². The van der Waals surface area contributed by atoms with E-state index in [1.54, 1.807) is 12.1 Å². The Labute approximate surface area is 316 Å². The molecule has 4 heterocycles. The first-order valence-electron chi connectivity index (χ1n) is 20.9. The number of nitrogens with zero attached hydrogens (tertiary/aromatic N) is 1. The van der Waals surface area contributed by atoms with Crippen molar-refractivity contribution in [3.63, 3.8) is 0 Å². The topological polar surface area (TPSA) is 124 Å². The molecular weight excluding hydrogens is 666 g/mol. The van der Waals surface area contributed by atoms with Crippen LogP contribution in [0.15, 0.2) is 59.4 Å². The van der Waals surface area contributed by atoms with Crippen LogP contribution in [0.4, 0.5) is 0 Å². The summed E-state index contributed by atoms with van der Waals surface area (Å²) >= 11 is 0. The molecule has 4 aliphatic rings. The molecule has 2 bridgehead atoms. The SMILES string of the molecule is CCCCCCC(NC[C@H](O)c1ccc(O)c2[nH]c(=O)ccc12)OCCCCCC[N+]12CCC(CC1)[C@@H](OCC(O)(c1ccccc1)C1CCCC1)C2. The molecule has 3 saturated heterocycles. The smallest absolute Gasteiger partial charge is 0.248 e. The lowest BCUT2D eigenvalue weighted by atomic mass is 9.80. The summed E-state index contributed by atoms with van der Waals surface area (Å²) in [4.78, 5) is 14.5. The molecule has 2 unspecified atom stereocenters. The van der Waals surface area contributed by atoms with Crippen molar-refractivity contribution in [3.05, 3.63) is 76.1 Å². The quantitative estimate of drug-likeness (QED) is 0.0414. The van der Waals surface area contributed by atoms with Gasteiger partial charge in [-0.15, -0.1) is 0 Å². The van der Waals surface area contributed by atoms with Crippen molar-refractivity contribution in [2.75, 3.05) is 45.9 Å². The molecule has 4 atom stereocenters. The van der Waals surface area contributed by atoms with E-state index in [1.807, 2.05) is 18.2 Å². The molecule has 9 heteroatoms. The van der Waals surface area contributed by atoms with Gasteiger partial charge >= 0.3 is 0 Å². The van der Waals surface area contributed by atoms with Crippen molar-refractivity contribution in [2.45, 2.75) is 127 Å². The van der Waals surface area contributed by atoms with Crippen LogP contribution in [0, 0.1) is 11.8 Å². The van der Waals surface area contributed by atoms with E-state index >= 15 is 0 Å². The number of nitrogens with one attached hydrogen (secondary N) is 2. The van der Waals surface area contributed by atoms with Crippen LogP contribution in [0.3, 0.4) is 0 Å². The summed E-state index contributed by atoms with van der Waals surface area (Å²) in [5.74, 6) is 0.882. The van der Waals surface area contributed by atoms with Crippen LogP contribution < -0.4 is 10.9 Å². The molecule has 3 aromatic rings. The molecule has 4 fully saturated rings. The number of aliphatic hydroxyl groups excluding tert-OH is 1. The van der Waals surface area contributed by atoms with Gasteiger partial charge in [-0.25, -0.2) is 0 Å². The van der Waals surface area contributed by atoms with Crippen LogP contribution in [0.2, 0.25) is 0 Å². The number of fused-ring (bicyclic) bond motifs is 4. The van der Waals surface area contributed by atoms with E-state index in [-0.39, 0.29) is 29.6 Å². The molecule has 0 radical (unpaired) electrons. The van der Waals surface area contributed by atoms with Crippen LogP contribution >= 0.6 is 0 Å². The van der Waals surface area contributed by atoms with Crippen LogP contribution in [0.25, 0.3) is 10.9 Å². The van der Waals surface area contributed by atoms with Gasteiger partial charge in [0.25, 0.3) is 0 Å². The summed E-state index contributed by atoms with van der Waals surface area (Å²) < 4.78 is 14.3. The average molecular weight is 733 g/mol. The Morgan fingerprint density at radius 1 is 0.925 bits per heavy atom. The number of H-pyrrole nitrogens is 1. The van der Waals surface area contributed by atoms with Crippen molar-refractivity contribution >= 4 is 10.9 Å². The van der Waals surface area contributed by atoms with Gasteiger partial charge in [0, 0.05) is 43.4 Å². The second-order valence-electron chi connectivity index (χ2n) is 16.5. The van der Waals surface area contributed by atoms with Crippen molar-refractivity contribution in [2.24, 2.45) is 11.8 Å². The Balaban J connectivity index is 0.934. The highest BCUT2D eigenvalue weighted by molar-refractivity contribution is 5.87. The van der Waals surface area contributed by atoms with Gasteiger partial charge in [-0.3, -0.25) is 10.1 Å². The van der Waals surface area contributed by atoms with Gasteiger partial charge in [0.2, 0.25) is 5.56 Å². The Morgan fingerprint density at radius 3 is 2.45 bits per heavy atom. The highest BCUT2D eigenvalue weighted by Crippen LogP contribution is 2.43. The minimum atomic E-state index is -0.898. The van der Waals surface area contributed by atoms with Gasteiger partial charge in [-0.2, -0.15) is 0 Å². The molecule has 9 nitrogen and oxygen atoms in total. The zero-order valence-electron chi connectivity index (χ0n) is 32.2. The maximum Gasteiger partial charge on any atom is 0.248 e. The third-order valence-electron chi connectivity index (χ3n) is 12.8. The number of aliphatic hydroxyl groups is 2. The summed E-state index contributed by atoms with van der Waals surface area (Å²) in [6.45, 7) is 8.43. The normalized spacial score (nSPS) is 24.1. The number of aromatic hydroxyl groups is 1. The van der Waals surface area contributed by atoms with E-state index in [0.29, 0.717) is 42.1 Å². The maximum absolute atomic E-state index is 12.1. The average Bonchev–Trinajstić information content (AvgIpc) is 3.74. The number of phenolic OH excluding ortho intramolecular Hbond substituents is 1. The monoisotopic (exact) mass is 732 g/mol. The number of hydrogen-bond donors (Lipinski definition) is 5. The fourth-order valence-corrected chi connectivity index (χ4v) is 9.56. The molecule has 1 aromatic heterocycles. The fraction of sp³-hybridized carbons (Fsp3) is 0.659. The van der Waals surface area contributed by atoms with E-state index in [1.165, 1.54) is 87.6 Å². The van der Waals surface area contributed by atoms with Crippen LogP contribution in [0.5, 0.6) is 5.75 Å². The number of quaternary nitrogens is 1. The number of piperidine rings is 3. The lowest BCUT2D eigenvalue weighted by Crippen LogP contribution is -2.64. The lowest BCUT2D eigenvalue weighted by molar-refractivity contribution is -0.946. The third kappa shape index (κ3) is 10.3. The number of unbranched alkanes of at least 4 members (excludes halogenated alkanes) is 6. The number of rotatable bonds is 22. The molecule has 53 heavy (non-hydrogen) atoms. The minimum Gasteiger partial charge on any atom is -0.506 e. The molecule has 0 amide bonds. The molecule has 5 N–H and O–H groups in total. The number of aromatic nitrogens is 1. The van der Waals surface area contributed by atoms with Gasteiger partial charge in [0.1, 0.15) is 30.2 Å². The molecule has 3 aliphatic heterocycles. The van der Waals surface area contributed by atoms with E-state index in [0.717, 1.165) is 57.1 Å². The minimum absolute atomic E-state index is 0.0100. The third-order valence-corrected chi connectivity index (χ3v) is 12.8. The number of phenols is 1. The van der Waals surface area contributed by atoms with Crippen molar-refractivity contribution in [3.8, 4) is 5.75 Å². The van der Waals surface area contributed by atoms with Gasteiger partial charge in [0.05, 0.1) is 37.9 Å². The van der Waals surface area contributed by atoms with Crippen molar-refractivity contribution in [1.82, 2.24) is 10.3 Å². The van der Waals surface area contributed by atoms with Gasteiger partial charge in [-0.1, -0.05) is 81.8 Å². The zero-order valence-corrected chi connectivity index (χ0v) is 32.2. The zero-order chi connectivity index (χ0) is 37.1. The number of benzene rings is 2. The Bertz CT molecular complexity index is 1600. The molecule has 2 aromatic carbocycles. The molecule has 1 aliphatic carbocycles. The Hall–Kier alpha value is -2.79. The van der Waals surface area contributed by atoms with Crippen LogP contribution in [-0.4, -0.2) is 83.1 Å². The first kappa shape index (κ1) is 39.9.